The van der Waals surface area contributed by atoms with E-state index in [-0.39, 0.29) is 11.5 Å². The van der Waals surface area contributed by atoms with Crippen molar-refractivity contribution in [2.75, 3.05) is 24.5 Å². The lowest BCUT2D eigenvalue weighted by Crippen LogP contribution is -2.40. The highest BCUT2D eigenvalue weighted by Gasteiger charge is 2.34. The van der Waals surface area contributed by atoms with Crippen molar-refractivity contribution in [1.29, 1.82) is 0 Å². The molecule has 0 spiro atoms. The van der Waals surface area contributed by atoms with Crippen molar-refractivity contribution in [2.45, 2.75) is 66.7 Å². The lowest BCUT2D eigenvalue weighted by molar-refractivity contribution is -0.122. The first-order chi connectivity index (χ1) is 17.2. The first-order valence-electron chi connectivity index (χ1n) is 13.3. The Morgan fingerprint density at radius 2 is 1.94 bits per heavy atom. The fourth-order valence-corrected chi connectivity index (χ4v) is 6.72. The summed E-state index contributed by atoms with van der Waals surface area (Å²) in [5.41, 5.74) is 1.93. The van der Waals surface area contributed by atoms with Gasteiger partial charge in [-0.3, -0.25) is 18.9 Å². The molecule has 0 N–H and O–H groups in total. The second-order valence-corrected chi connectivity index (χ2v) is 12.3. The third kappa shape index (κ3) is 5.54. The Kier molecular flexibility index (Phi) is 8.56. The molecule has 8 heteroatoms. The van der Waals surface area contributed by atoms with Crippen molar-refractivity contribution in [1.82, 2.24) is 14.3 Å². The van der Waals surface area contributed by atoms with Crippen LogP contribution in [0.15, 0.2) is 28.0 Å². The molecule has 194 valence electrons. The Hall–Kier alpha value is -2.19. The van der Waals surface area contributed by atoms with E-state index < -0.39 is 0 Å². The second kappa shape index (κ2) is 11.5. The van der Waals surface area contributed by atoms with E-state index >= 15 is 0 Å². The first-order valence-corrected chi connectivity index (χ1v) is 14.5. The zero-order valence-corrected chi connectivity index (χ0v) is 23.8. The van der Waals surface area contributed by atoms with Crippen molar-refractivity contribution >= 4 is 51.7 Å². The molecular weight excluding hydrogens is 488 g/mol. The van der Waals surface area contributed by atoms with Crippen LogP contribution in [0.1, 0.15) is 70.9 Å². The third-order valence-electron chi connectivity index (χ3n) is 7.37. The number of hydrogen-bond donors (Lipinski definition) is 0. The minimum atomic E-state index is -0.149. The summed E-state index contributed by atoms with van der Waals surface area (Å²) < 4.78 is 2.17. The quantitative estimate of drug-likeness (QED) is 0.315. The van der Waals surface area contributed by atoms with E-state index in [9.17, 15) is 9.59 Å². The highest BCUT2D eigenvalue weighted by Crippen LogP contribution is 2.35. The van der Waals surface area contributed by atoms with Crippen molar-refractivity contribution in [3.8, 4) is 0 Å². The monoisotopic (exact) mass is 526 g/mol. The molecule has 2 aromatic rings. The minimum Gasteiger partial charge on any atom is -0.355 e. The summed E-state index contributed by atoms with van der Waals surface area (Å²) in [5, 5.41) is 0. The molecular formula is C28H38N4O2S2. The van der Waals surface area contributed by atoms with Gasteiger partial charge >= 0.3 is 0 Å². The molecule has 3 atom stereocenters. The minimum absolute atomic E-state index is 0.0972. The SMILES string of the molecule is CCCC[C@H](CC)CN1C(=O)/C(=C\c2c(N3C[C@H](C)C[C@@H](C)C3)nc3c(C)cccn3c2=O)SC1=S. The van der Waals surface area contributed by atoms with Crippen molar-refractivity contribution in [3.05, 3.63) is 44.7 Å². The number of amides is 1. The molecule has 2 aromatic heterocycles. The molecule has 0 bridgehead atoms. The van der Waals surface area contributed by atoms with Crippen LogP contribution in [-0.2, 0) is 4.79 Å². The second-order valence-electron chi connectivity index (χ2n) is 10.6. The molecule has 0 saturated carbocycles. The number of carbonyl (C=O) groups is 1. The molecule has 0 aromatic carbocycles. The van der Waals surface area contributed by atoms with Crippen LogP contribution < -0.4 is 10.5 Å². The van der Waals surface area contributed by atoms with Gasteiger partial charge in [0.15, 0.2) is 0 Å². The fraction of sp³-hybridized carbons (Fsp3) is 0.571. The number of rotatable bonds is 8. The van der Waals surface area contributed by atoms with E-state index in [4.69, 9.17) is 17.2 Å². The van der Waals surface area contributed by atoms with Crippen molar-refractivity contribution < 1.29 is 4.79 Å². The molecule has 36 heavy (non-hydrogen) atoms. The van der Waals surface area contributed by atoms with Gasteiger partial charge in [-0.2, -0.15) is 0 Å². The van der Waals surface area contributed by atoms with Gasteiger partial charge in [-0.05, 0) is 55.2 Å². The van der Waals surface area contributed by atoms with Crippen LogP contribution in [0.3, 0.4) is 0 Å². The molecule has 1 amide bonds. The number of pyridine rings is 1. The van der Waals surface area contributed by atoms with Gasteiger partial charge in [-0.1, -0.05) is 77.0 Å². The molecule has 0 aliphatic carbocycles. The summed E-state index contributed by atoms with van der Waals surface area (Å²) in [6.07, 6.45) is 9.06. The van der Waals surface area contributed by atoms with Gasteiger partial charge in [0.05, 0.1) is 10.5 Å². The normalized spacial score (nSPS) is 22.8. The predicted molar refractivity (Wildman–Crippen MR) is 155 cm³/mol. The number of piperidine rings is 1. The van der Waals surface area contributed by atoms with Gasteiger partial charge in [0.2, 0.25) is 0 Å². The Bertz CT molecular complexity index is 1230. The number of hydrogen-bond acceptors (Lipinski definition) is 6. The summed E-state index contributed by atoms with van der Waals surface area (Å²) in [5.74, 6) is 2.01. The molecule has 4 rings (SSSR count). The third-order valence-corrected chi connectivity index (χ3v) is 8.74. The first kappa shape index (κ1) is 26.9. The molecule has 2 fully saturated rings. The van der Waals surface area contributed by atoms with Crippen LogP contribution in [0.4, 0.5) is 5.82 Å². The molecule has 4 heterocycles. The van der Waals surface area contributed by atoms with Gasteiger partial charge in [0.25, 0.3) is 11.5 Å². The molecule has 2 saturated heterocycles. The summed E-state index contributed by atoms with van der Waals surface area (Å²) in [6.45, 7) is 13.1. The topological polar surface area (TPSA) is 57.9 Å². The summed E-state index contributed by atoms with van der Waals surface area (Å²) in [7, 11) is 0. The maximum Gasteiger partial charge on any atom is 0.267 e. The summed E-state index contributed by atoms with van der Waals surface area (Å²) in [4.78, 5) is 36.7. The van der Waals surface area contributed by atoms with Crippen molar-refractivity contribution in [2.24, 2.45) is 17.8 Å². The Labute approximate surface area is 224 Å². The number of fused-ring (bicyclic) bond motifs is 1. The number of unbranched alkanes of at least 4 members (excludes halogenated alkanes) is 1. The number of nitrogens with zero attached hydrogens (tertiary/aromatic N) is 4. The number of thioether (sulfide) groups is 1. The average molecular weight is 527 g/mol. The van der Waals surface area contributed by atoms with E-state index in [0.29, 0.717) is 50.6 Å². The van der Waals surface area contributed by atoms with Crippen LogP contribution in [0.25, 0.3) is 11.7 Å². The molecule has 0 radical (unpaired) electrons. The van der Waals surface area contributed by atoms with Crippen LogP contribution in [0, 0.1) is 24.7 Å². The number of thiocarbonyl (C=S) groups is 1. The zero-order chi connectivity index (χ0) is 26.0. The van der Waals surface area contributed by atoms with Gasteiger partial charge < -0.3 is 4.90 Å². The number of aryl methyl sites for hydroxylation is 1. The standard InChI is InChI=1S/C28H38N4O2S2/c1-6-8-11-21(7-2)17-32-27(34)23(36-28(32)35)14-22-25(30-15-18(3)13-19(4)16-30)29-24-20(5)10-9-12-31(24)26(22)33/h9-10,12,14,18-19,21H,6-8,11,13,15-17H2,1-5H3/b23-14+/t18-,19-,21+/m1/s1. The van der Waals surface area contributed by atoms with E-state index in [1.165, 1.54) is 11.8 Å². The Balaban J connectivity index is 1.76. The zero-order valence-electron chi connectivity index (χ0n) is 22.1. The summed E-state index contributed by atoms with van der Waals surface area (Å²) in [6, 6.07) is 3.83. The lowest BCUT2D eigenvalue weighted by Gasteiger charge is -2.36. The fourth-order valence-electron chi connectivity index (χ4n) is 5.47. The van der Waals surface area contributed by atoms with Gasteiger partial charge in [-0.25, -0.2) is 4.98 Å². The number of anilines is 1. The Morgan fingerprint density at radius 1 is 1.22 bits per heavy atom. The van der Waals surface area contributed by atoms with Crippen LogP contribution in [0.2, 0.25) is 0 Å². The highest BCUT2D eigenvalue weighted by atomic mass is 32.2. The maximum atomic E-state index is 13.8. The van der Waals surface area contributed by atoms with E-state index in [1.54, 1.807) is 21.6 Å². The van der Waals surface area contributed by atoms with Gasteiger partial charge in [0, 0.05) is 25.8 Å². The molecule has 2 aliphatic rings. The maximum absolute atomic E-state index is 13.8. The van der Waals surface area contributed by atoms with Gasteiger partial charge in [-0.15, -0.1) is 0 Å². The van der Waals surface area contributed by atoms with E-state index in [1.807, 2.05) is 19.1 Å². The highest BCUT2D eigenvalue weighted by molar-refractivity contribution is 8.26. The van der Waals surface area contributed by atoms with Crippen LogP contribution >= 0.6 is 24.0 Å². The molecule has 0 unspecified atom stereocenters. The van der Waals surface area contributed by atoms with E-state index in [2.05, 4.69) is 32.6 Å². The molecule has 2 aliphatic heterocycles. The molecule has 6 nitrogen and oxygen atoms in total. The largest absolute Gasteiger partial charge is 0.355 e. The average Bonchev–Trinajstić information content (AvgIpc) is 3.10. The summed E-state index contributed by atoms with van der Waals surface area (Å²) >= 11 is 6.92. The van der Waals surface area contributed by atoms with Crippen LogP contribution in [0.5, 0.6) is 0 Å². The van der Waals surface area contributed by atoms with Crippen LogP contribution in [-0.4, -0.2) is 44.1 Å². The van der Waals surface area contributed by atoms with Crippen molar-refractivity contribution in [3.63, 3.8) is 0 Å². The number of aromatic nitrogens is 2. The smallest absolute Gasteiger partial charge is 0.267 e. The van der Waals surface area contributed by atoms with Gasteiger partial charge in [0.1, 0.15) is 15.8 Å². The number of carbonyl (C=O) groups excluding carboxylic acids is 1. The van der Waals surface area contributed by atoms with E-state index in [0.717, 1.165) is 50.8 Å². The Morgan fingerprint density at radius 3 is 2.61 bits per heavy atom. The predicted octanol–water partition coefficient (Wildman–Crippen LogP) is 5.90. The lowest BCUT2D eigenvalue weighted by atomic mass is 9.91.